The molecule has 5 aromatic rings. The van der Waals surface area contributed by atoms with Crippen LogP contribution >= 0.6 is 11.6 Å². The highest BCUT2D eigenvalue weighted by Crippen LogP contribution is 2.25. The summed E-state index contributed by atoms with van der Waals surface area (Å²) in [6.07, 6.45) is 3.45. The molecule has 39 heavy (non-hydrogen) atoms. The van der Waals surface area contributed by atoms with E-state index in [2.05, 4.69) is 10.5 Å². The summed E-state index contributed by atoms with van der Waals surface area (Å²) in [6, 6.07) is 31.8. The maximum absolute atomic E-state index is 13.0. The number of nitrogens with zero attached hydrogens (tertiary/aromatic N) is 3. The fourth-order valence-electron chi connectivity index (χ4n) is 3.91. The molecule has 0 atom stereocenters. The van der Waals surface area contributed by atoms with Crippen LogP contribution in [-0.2, 0) is 6.61 Å². The second kappa shape index (κ2) is 12.1. The minimum Gasteiger partial charge on any atom is -0.497 e. The number of carbonyl (C=O) groups excluding carboxylic acids is 1. The van der Waals surface area contributed by atoms with Crippen LogP contribution in [0.2, 0.25) is 5.02 Å². The first kappa shape index (κ1) is 25.8. The van der Waals surface area contributed by atoms with Gasteiger partial charge in [0.2, 0.25) is 0 Å². The summed E-state index contributed by atoms with van der Waals surface area (Å²) >= 11 is 5.96. The van der Waals surface area contributed by atoms with Crippen LogP contribution in [0.1, 0.15) is 21.5 Å². The SMILES string of the molecule is COc1ccc(-c2nn(-c3ccccc3)cc2/C=N/NC(=O)c2ccccc2OCc2ccc(Cl)cc2)cc1. The van der Waals surface area contributed by atoms with Crippen molar-refractivity contribution in [3.8, 4) is 28.4 Å². The number of carbonyl (C=O) groups is 1. The molecule has 1 N–H and O–H groups in total. The lowest BCUT2D eigenvalue weighted by atomic mass is 10.1. The van der Waals surface area contributed by atoms with Gasteiger partial charge in [0.15, 0.2) is 0 Å². The van der Waals surface area contributed by atoms with Crippen molar-refractivity contribution in [2.24, 2.45) is 5.10 Å². The number of hydrogen-bond donors (Lipinski definition) is 1. The highest BCUT2D eigenvalue weighted by atomic mass is 35.5. The molecule has 0 aliphatic rings. The van der Waals surface area contributed by atoms with Crippen LogP contribution in [0.5, 0.6) is 11.5 Å². The van der Waals surface area contributed by atoms with E-state index in [0.29, 0.717) is 28.6 Å². The number of aromatic nitrogens is 2. The first-order valence-electron chi connectivity index (χ1n) is 12.2. The van der Waals surface area contributed by atoms with Crippen molar-refractivity contribution in [2.75, 3.05) is 7.11 Å². The molecule has 0 spiro atoms. The van der Waals surface area contributed by atoms with Crippen LogP contribution in [0.4, 0.5) is 0 Å². The van der Waals surface area contributed by atoms with Crippen molar-refractivity contribution in [1.29, 1.82) is 0 Å². The predicted octanol–water partition coefficient (Wildman–Crippen LogP) is 6.54. The molecule has 0 unspecified atom stereocenters. The average molecular weight is 537 g/mol. The molecular formula is C31H25ClN4O3. The largest absolute Gasteiger partial charge is 0.497 e. The summed E-state index contributed by atoms with van der Waals surface area (Å²) in [4.78, 5) is 13.0. The molecule has 0 saturated carbocycles. The number of hydrazone groups is 1. The van der Waals surface area contributed by atoms with Gasteiger partial charge >= 0.3 is 0 Å². The summed E-state index contributed by atoms with van der Waals surface area (Å²) < 4.78 is 13.0. The van der Waals surface area contributed by atoms with Gasteiger partial charge in [-0.1, -0.05) is 54.1 Å². The van der Waals surface area contributed by atoms with E-state index in [1.807, 2.05) is 79.0 Å². The van der Waals surface area contributed by atoms with Crippen molar-refractivity contribution in [3.63, 3.8) is 0 Å². The van der Waals surface area contributed by atoms with Gasteiger partial charge in [0, 0.05) is 22.3 Å². The number of hydrogen-bond acceptors (Lipinski definition) is 5. The van der Waals surface area contributed by atoms with Crippen molar-refractivity contribution in [1.82, 2.24) is 15.2 Å². The maximum atomic E-state index is 13.0. The molecule has 4 aromatic carbocycles. The summed E-state index contributed by atoms with van der Waals surface area (Å²) in [5.41, 5.74) is 7.17. The second-order valence-electron chi connectivity index (χ2n) is 8.55. The fraction of sp³-hybridized carbons (Fsp3) is 0.0645. The third-order valence-electron chi connectivity index (χ3n) is 5.94. The highest BCUT2D eigenvalue weighted by Gasteiger charge is 2.14. The van der Waals surface area contributed by atoms with Crippen LogP contribution in [0.25, 0.3) is 16.9 Å². The summed E-state index contributed by atoms with van der Waals surface area (Å²) in [6.45, 7) is 0.300. The zero-order chi connectivity index (χ0) is 27.0. The average Bonchev–Trinajstić information content (AvgIpc) is 3.41. The highest BCUT2D eigenvalue weighted by molar-refractivity contribution is 6.30. The normalized spacial score (nSPS) is 10.9. The Morgan fingerprint density at radius 1 is 0.949 bits per heavy atom. The number of rotatable bonds is 9. The Balaban J connectivity index is 1.35. The number of methoxy groups -OCH3 is 1. The van der Waals surface area contributed by atoms with Gasteiger partial charge in [-0.25, -0.2) is 10.1 Å². The van der Waals surface area contributed by atoms with Gasteiger partial charge in [0.05, 0.1) is 24.6 Å². The maximum Gasteiger partial charge on any atom is 0.275 e. The number of amides is 1. The number of benzene rings is 4. The van der Waals surface area contributed by atoms with E-state index in [4.69, 9.17) is 26.2 Å². The minimum absolute atomic E-state index is 0.300. The van der Waals surface area contributed by atoms with Gasteiger partial charge in [0.1, 0.15) is 23.8 Å². The van der Waals surface area contributed by atoms with Crippen molar-refractivity contribution >= 4 is 23.7 Å². The van der Waals surface area contributed by atoms with Gasteiger partial charge in [-0.3, -0.25) is 4.79 Å². The van der Waals surface area contributed by atoms with Crippen LogP contribution in [-0.4, -0.2) is 29.0 Å². The Morgan fingerprint density at radius 3 is 2.41 bits per heavy atom. The Hall–Kier alpha value is -4.88. The van der Waals surface area contributed by atoms with E-state index in [1.54, 1.807) is 48.3 Å². The third-order valence-corrected chi connectivity index (χ3v) is 6.19. The second-order valence-corrected chi connectivity index (χ2v) is 8.99. The summed E-state index contributed by atoms with van der Waals surface area (Å²) in [5, 5.41) is 9.67. The topological polar surface area (TPSA) is 77.7 Å². The first-order chi connectivity index (χ1) is 19.1. The lowest BCUT2D eigenvalue weighted by molar-refractivity contribution is 0.0950. The first-order valence-corrected chi connectivity index (χ1v) is 12.6. The molecule has 0 aliphatic carbocycles. The molecule has 5 rings (SSSR count). The van der Waals surface area contributed by atoms with E-state index >= 15 is 0 Å². The quantitative estimate of drug-likeness (QED) is 0.171. The molecular weight excluding hydrogens is 512 g/mol. The van der Waals surface area contributed by atoms with Crippen molar-refractivity contribution in [3.05, 3.63) is 131 Å². The fourth-order valence-corrected chi connectivity index (χ4v) is 4.04. The van der Waals surface area contributed by atoms with Crippen LogP contribution < -0.4 is 14.9 Å². The Morgan fingerprint density at radius 2 is 1.67 bits per heavy atom. The zero-order valence-electron chi connectivity index (χ0n) is 21.1. The number of ether oxygens (including phenoxy) is 2. The van der Waals surface area contributed by atoms with Gasteiger partial charge < -0.3 is 9.47 Å². The van der Waals surface area contributed by atoms with E-state index in [0.717, 1.165) is 28.1 Å². The van der Waals surface area contributed by atoms with Gasteiger partial charge in [-0.2, -0.15) is 10.2 Å². The minimum atomic E-state index is -0.389. The van der Waals surface area contributed by atoms with E-state index in [-0.39, 0.29) is 5.91 Å². The van der Waals surface area contributed by atoms with Gasteiger partial charge in [-0.15, -0.1) is 0 Å². The van der Waals surface area contributed by atoms with Crippen molar-refractivity contribution in [2.45, 2.75) is 6.61 Å². The Bertz CT molecular complexity index is 1580. The van der Waals surface area contributed by atoms with Crippen LogP contribution in [0.3, 0.4) is 0 Å². The molecule has 194 valence electrons. The van der Waals surface area contributed by atoms with E-state index in [1.165, 1.54) is 0 Å². The molecule has 0 saturated heterocycles. The molecule has 7 nitrogen and oxygen atoms in total. The Labute approximate surface area is 231 Å². The number of nitrogens with one attached hydrogen (secondary N) is 1. The molecule has 1 aromatic heterocycles. The zero-order valence-corrected chi connectivity index (χ0v) is 21.9. The predicted molar refractivity (Wildman–Crippen MR) is 153 cm³/mol. The molecule has 0 radical (unpaired) electrons. The third kappa shape index (κ3) is 6.34. The molecule has 0 fully saturated rings. The number of para-hydroxylation sites is 2. The molecule has 1 heterocycles. The summed E-state index contributed by atoms with van der Waals surface area (Å²) in [5.74, 6) is 0.816. The van der Waals surface area contributed by atoms with Gasteiger partial charge in [-0.05, 0) is 66.2 Å². The molecule has 1 amide bonds. The van der Waals surface area contributed by atoms with Crippen LogP contribution in [0.15, 0.2) is 114 Å². The van der Waals surface area contributed by atoms with Gasteiger partial charge in [0.25, 0.3) is 5.91 Å². The smallest absolute Gasteiger partial charge is 0.275 e. The Kier molecular flexibility index (Phi) is 8.00. The molecule has 0 bridgehead atoms. The monoisotopic (exact) mass is 536 g/mol. The van der Waals surface area contributed by atoms with Crippen molar-refractivity contribution < 1.29 is 14.3 Å². The lowest BCUT2D eigenvalue weighted by Gasteiger charge is -2.10. The van der Waals surface area contributed by atoms with E-state index < -0.39 is 0 Å². The molecule has 8 heteroatoms. The van der Waals surface area contributed by atoms with E-state index in [9.17, 15) is 4.79 Å². The standard InChI is InChI=1S/C31H25ClN4O3/c1-38-27-17-13-23(14-18-27)30-24(20-36(35-30)26-7-3-2-4-8-26)19-33-34-31(37)28-9-5-6-10-29(28)39-21-22-11-15-25(32)16-12-22/h2-20H,21H2,1H3,(H,34,37)/b33-19+. The lowest BCUT2D eigenvalue weighted by Crippen LogP contribution is -2.18. The van der Waals surface area contributed by atoms with Crippen LogP contribution in [0, 0.1) is 0 Å². The number of halogens is 1. The summed E-state index contributed by atoms with van der Waals surface area (Å²) in [7, 11) is 1.63. The molecule has 0 aliphatic heterocycles.